The number of halogens is 1. The summed E-state index contributed by atoms with van der Waals surface area (Å²) in [4.78, 5) is 9.98. The van der Waals surface area contributed by atoms with Crippen molar-refractivity contribution < 1.29 is 4.74 Å². The van der Waals surface area contributed by atoms with Gasteiger partial charge in [0.2, 0.25) is 5.88 Å². The van der Waals surface area contributed by atoms with Crippen molar-refractivity contribution in [1.29, 1.82) is 0 Å². The predicted octanol–water partition coefficient (Wildman–Crippen LogP) is 4.19. The quantitative estimate of drug-likeness (QED) is 0.349. The maximum absolute atomic E-state index is 5.56. The largest absolute Gasteiger partial charge is 0.475 e. The van der Waals surface area contributed by atoms with Gasteiger partial charge in [0.25, 0.3) is 0 Å². The van der Waals surface area contributed by atoms with Crippen molar-refractivity contribution >= 4 is 41.3 Å². The molecular weight excluding hydrogens is 459 g/mol. The van der Waals surface area contributed by atoms with Crippen LogP contribution in [0.15, 0.2) is 40.8 Å². The molecule has 5 nitrogen and oxygen atoms in total. The molecule has 0 aliphatic heterocycles. The van der Waals surface area contributed by atoms with Crippen LogP contribution >= 0.6 is 35.3 Å². The van der Waals surface area contributed by atoms with Crippen LogP contribution in [0.3, 0.4) is 0 Å². The van der Waals surface area contributed by atoms with Gasteiger partial charge in [0.05, 0.1) is 6.10 Å². The standard InChI is InChI=1S/C19H28N4OS.HI/c1-14(2)24-17-9-8-15(11-21-17)12-22-18(20-5)23-13-19(3,4)16-7-6-10-25-16;/h6-11,14H,12-13H2,1-5H3,(H2,20,22,23);1H. The van der Waals surface area contributed by atoms with Crippen molar-refractivity contribution in [2.24, 2.45) is 4.99 Å². The summed E-state index contributed by atoms with van der Waals surface area (Å²) >= 11 is 1.78. The Bertz CT molecular complexity index is 669. The minimum atomic E-state index is 0. The van der Waals surface area contributed by atoms with E-state index in [9.17, 15) is 0 Å². The molecule has 2 aromatic heterocycles. The molecule has 0 bridgehead atoms. The summed E-state index contributed by atoms with van der Waals surface area (Å²) in [6, 6.07) is 8.18. The average Bonchev–Trinajstić information content (AvgIpc) is 3.11. The van der Waals surface area contributed by atoms with E-state index in [1.807, 2.05) is 32.2 Å². The summed E-state index contributed by atoms with van der Waals surface area (Å²) in [5.74, 6) is 1.44. The van der Waals surface area contributed by atoms with Crippen LogP contribution < -0.4 is 15.4 Å². The molecule has 7 heteroatoms. The third kappa shape index (κ3) is 7.11. The lowest BCUT2D eigenvalue weighted by molar-refractivity contribution is 0.232. The number of aromatic nitrogens is 1. The number of nitrogens with one attached hydrogen (secondary N) is 2. The first-order chi connectivity index (χ1) is 11.9. The molecule has 2 heterocycles. The number of hydrogen-bond acceptors (Lipinski definition) is 4. The molecule has 0 spiro atoms. The Labute approximate surface area is 177 Å². The second-order valence-electron chi connectivity index (χ2n) is 6.81. The maximum Gasteiger partial charge on any atom is 0.213 e. The topological polar surface area (TPSA) is 58.5 Å². The zero-order valence-corrected chi connectivity index (χ0v) is 19.2. The smallest absolute Gasteiger partial charge is 0.213 e. The van der Waals surface area contributed by atoms with E-state index in [0.717, 1.165) is 18.1 Å². The Hall–Kier alpha value is -1.35. The number of hydrogen-bond donors (Lipinski definition) is 2. The first-order valence-electron chi connectivity index (χ1n) is 8.51. The van der Waals surface area contributed by atoms with E-state index in [2.05, 4.69) is 52.0 Å². The number of thiophene rings is 1. The summed E-state index contributed by atoms with van der Waals surface area (Å²) in [6.07, 6.45) is 1.96. The first kappa shape index (κ1) is 22.7. The predicted molar refractivity (Wildman–Crippen MR) is 121 cm³/mol. The van der Waals surface area contributed by atoms with E-state index in [0.29, 0.717) is 12.4 Å². The van der Waals surface area contributed by atoms with Crippen LogP contribution in [0, 0.1) is 0 Å². The van der Waals surface area contributed by atoms with Crippen LogP contribution in [-0.2, 0) is 12.0 Å². The van der Waals surface area contributed by atoms with Gasteiger partial charge in [-0.05, 0) is 30.9 Å². The van der Waals surface area contributed by atoms with Crippen LogP contribution in [0.5, 0.6) is 5.88 Å². The van der Waals surface area contributed by atoms with Gasteiger partial charge in [-0.1, -0.05) is 26.0 Å². The van der Waals surface area contributed by atoms with Gasteiger partial charge in [-0.25, -0.2) is 4.98 Å². The van der Waals surface area contributed by atoms with Gasteiger partial charge < -0.3 is 15.4 Å². The normalized spacial score (nSPS) is 11.8. The molecule has 0 aliphatic carbocycles. The number of guanidine groups is 1. The average molecular weight is 488 g/mol. The number of rotatable bonds is 7. The lowest BCUT2D eigenvalue weighted by Gasteiger charge is -2.25. The third-order valence-electron chi connectivity index (χ3n) is 3.72. The fourth-order valence-corrected chi connectivity index (χ4v) is 3.14. The lowest BCUT2D eigenvalue weighted by atomic mass is 9.91. The van der Waals surface area contributed by atoms with E-state index >= 15 is 0 Å². The highest BCUT2D eigenvalue weighted by molar-refractivity contribution is 14.0. The molecule has 26 heavy (non-hydrogen) atoms. The number of pyridine rings is 1. The van der Waals surface area contributed by atoms with Gasteiger partial charge in [0.15, 0.2) is 5.96 Å². The summed E-state index contributed by atoms with van der Waals surface area (Å²) in [5.41, 5.74) is 1.14. The third-order valence-corrected chi connectivity index (χ3v) is 4.96. The molecule has 2 N–H and O–H groups in total. The molecule has 0 aromatic carbocycles. The van der Waals surface area contributed by atoms with Gasteiger partial charge in [0, 0.05) is 42.7 Å². The monoisotopic (exact) mass is 488 g/mol. The highest BCUT2D eigenvalue weighted by atomic mass is 127. The molecule has 144 valence electrons. The minimum absolute atomic E-state index is 0. The van der Waals surface area contributed by atoms with Gasteiger partial charge >= 0.3 is 0 Å². The van der Waals surface area contributed by atoms with Crippen LogP contribution in [0.25, 0.3) is 0 Å². The Morgan fingerprint density at radius 2 is 2.04 bits per heavy atom. The Kier molecular flexibility index (Phi) is 9.35. The zero-order chi connectivity index (χ0) is 18.3. The molecule has 0 radical (unpaired) electrons. The molecule has 0 saturated heterocycles. The summed E-state index contributed by atoms with van der Waals surface area (Å²) in [5, 5.41) is 8.85. The van der Waals surface area contributed by atoms with Crippen molar-refractivity contribution in [1.82, 2.24) is 15.6 Å². The van der Waals surface area contributed by atoms with Gasteiger partial charge in [-0.3, -0.25) is 4.99 Å². The summed E-state index contributed by atoms with van der Waals surface area (Å²) in [7, 11) is 1.78. The van der Waals surface area contributed by atoms with Crippen LogP contribution in [0.4, 0.5) is 0 Å². The molecule has 0 amide bonds. The molecule has 2 aromatic rings. The maximum atomic E-state index is 5.56. The number of nitrogens with zero attached hydrogens (tertiary/aromatic N) is 2. The van der Waals surface area contributed by atoms with E-state index in [4.69, 9.17) is 4.74 Å². The van der Waals surface area contributed by atoms with E-state index in [1.165, 1.54) is 4.88 Å². The van der Waals surface area contributed by atoms with Crippen LogP contribution in [0.1, 0.15) is 38.1 Å². The SMILES string of the molecule is CN=C(NCc1ccc(OC(C)C)nc1)NCC(C)(C)c1cccs1.I. The van der Waals surface area contributed by atoms with Gasteiger partial charge in [-0.15, -0.1) is 35.3 Å². The van der Waals surface area contributed by atoms with Crippen LogP contribution in [-0.4, -0.2) is 30.6 Å². The van der Waals surface area contributed by atoms with Crippen molar-refractivity contribution in [3.8, 4) is 5.88 Å². The fraction of sp³-hybridized carbons (Fsp3) is 0.474. The highest BCUT2D eigenvalue weighted by Crippen LogP contribution is 2.26. The van der Waals surface area contributed by atoms with Crippen molar-refractivity contribution in [2.75, 3.05) is 13.6 Å². The summed E-state index contributed by atoms with van der Waals surface area (Å²) < 4.78 is 5.56. The minimum Gasteiger partial charge on any atom is -0.475 e. The van der Waals surface area contributed by atoms with Crippen LogP contribution in [0.2, 0.25) is 0 Å². The van der Waals surface area contributed by atoms with Crippen molar-refractivity contribution in [3.05, 3.63) is 46.3 Å². The second-order valence-corrected chi connectivity index (χ2v) is 7.76. The molecule has 0 unspecified atom stereocenters. The second kappa shape index (κ2) is 10.7. The Morgan fingerprint density at radius 1 is 1.27 bits per heavy atom. The summed E-state index contributed by atoms with van der Waals surface area (Å²) in [6.45, 7) is 9.92. The van der Waals surface area contributed by atoms with E-state index in [-0.39, 0.29) is 35.5 Å². The molecular formula is C19H29IN4OS. The molecule has 0 atom stereocenters. The Balaban J connectivity index is 0.00000338. The molecule has 0 aliphatic rings. The van der Waals surface area contributed by atoms with E-state index in [1.54, 1.807) is 18.4 Å². The number of ether oxygens (including phenoxy) is 1. The molecule has 2 rings (SSSR count). The fourth-order valence-electron chi connectivity index (χ4n) is 2.29. The van der Waals surface area contributed by atoms with Gasteiger partial charge in [-0.2, -0.15) is 0 Å². The Morgan fingerprint density at radius 3 is 2.58 bits per heavy atom. The van der Waals surface area contributed by atoms with E-state index < -0.39 is 0 Å². The van der Waals surface area contributed by atoms with Gasteiger partial charge in [0.1, 0.15) is 0 Å². The first-order valence-corrected chi connectivity index (χ1v) is 9.39. The van der Waals surface area contributed by atoms with Crippen molar-refractivity contribution in [2.45, 2.75) is 45.8 Å². The van der Waals surface area contributed by atoms with Crippen molar-refractivity contribution in [3.63, 3.8) is 0 Å². The zero-order valence-electron chi connectivity index (χ0n) is 16.1. The lowest BCUT2D eigenvalue weighted by Crippen LogP contribution is -2.42. The highest BCUT2D eigenvalue weighted by Gasteiger charge is 2.21. The molecule has 0 saturated carbocycles. The molecule has 0 fully saturated rings. The number of aliphatic imine (C=N–C) groups is 1.